The summed E-state index contributed by atoms with van der Waals surface area (Å²) >= 11 is 0. The molecule has 3 N–H and O–H groups in total. The first-order valence-electron chi connectivity index (χ1n) is 6.92. The van der Waals surface area contributed by atoms with Crippen molar-refractivity contribution in [2.45, 2.75) is 31.1 Å². The molecule has 6 heteroatoms. The quantitative estimate of drug-likeness (QED) is 0.822. The van der Waals surface area contributed by atoms with Gasteiger partial charge in [0.05, 0.1) is 5.69 Å². The lowest BCUT2D eigenvalue weighted by atomic mass is 9.97. The number of hydrogen-bond donors (Lipinski definition) is 2. The number of sulfonamides is 1. The number of hydrogen-bond acceptors (Lipinski definition) is 4. The van der Waals surface area contributed by atoms with Crippen LogP contribution in [0.3, 0.4) is 0 Å². The van der Waals surface area contributed by atoms with Crippen LogP contribution in [0.25, 0.3) is 0 Å². The Morgan fingerprint density at radius 3 is 2.85 bits per heavy atom. The lowest BCUT2D eigenvalue weighted by Crippen LogP contribution is -2.40. The van der Waals surface area contributed by atoms with Gasteiger partial charge in [0.1, 0.15) is 4.90 Å². The molecule has 20 heavy (non-hydrogen) atoms. The van der Waals surface area contributed by atoms with Crippen LogP contribution >= 0.6 is 0 Å². The number of aliphatic hydroxyl groups excluding tert-OH is 1. The number of aliphatic hydroxyl groups is 1. The molecule has 1 heterocycles. The van der Waals surface area contributed by atoms with Crippen LogP contribution in [0.15, 0.2) is 23.1 Å². The van der Waals surface area contributed by atoms with Crippen molar-refractivity contribution in [2.24, 2.45) is 5.92 Å². The van der Waals surface area contributed by atoms with Gasteiger partial charge in [0.25, 0.3) is 0 Å². The molecule has 0 bridgehead atoms. The average Bonchev–Trinajstić information content (AvgIpc) is 2.39. The van der Waals surface area contributed by atoms with Crippen molar-refractivity contribution in [2.75, 3.05) is 25.4 Å². The van der Waals surface area contributed by atoms with E-state index in [9.17, 15) is 8.42 Å². The van der Waals surface area contributed by atoms with E-state index >= 15 is 0 Å². The second kappa shape index (κ2) is 6.11. The second-order valence-corrected chi connectivity index (χ2v) is 7.33. The summed E-state index contributed by atoms with van der Waals surface area (Å²) in [6, 6.07) is 5.02. The maximum atomic E-state index is 12.7. The van der Waals surface area contributed by atoms with Gasteiger partial charge < -0.3 is 10.8 Å². The van der Waals surface area contributed by atoms with Gasteiger partial charge in [-0.15, -0.1) is 0 Å². The van der Waals surface area contributed by atoms with Crippen LogP contribution in [0.2, 0.25) is 0 Å². The molecule has 0 amide bonds. The van der Waals surface area contributed by atoms with E-state index < -0.39 is 10.0 Å². The van der Waals surface area contributed by atoms with Crippen molar-refractivity contribution >= 4 is 15.7 Å². The zero-order chi connectivity index (χ0) is 14.8. The predicted molar refractivity (Wildman–Crippen MR) is 78.8 cm³/mol. The van der Waals surface area contributed by atoms with Crippen LogP contribution in [0.1, 0.15) is 24.8 Å². The Hall–Kier alpha value is -1.11. The van der Waals surface area contributed by atoms with Crippen LogP contribution in [0.4, 0.5) is 5.69 Å². The molecular weight excluding hydrogens is 276 g/mol. The summed E-state index contributed by atoms with van der Waals surface area (Å²) in [6.07, 6.45) is 2.45. The molecule has 1 fully saturated rings. The van der Waals surface area contributed by atoms with Gasteiger partial charge in [0, 0.05) is 19.7 Å². The summed E-state index contributed by atoms with van der Waals surface area (Å²) in [5, 5.41) is 9.01. The van der Waals surface area contributed by atoms with Gasteiger partial charge in [-0.05, 0) is 49.8 Å². The number of nitrogens with zero attached hydrogens (tertiary/aromatic N) is 1. The van der Waals surface area contributed by atoms with Crippen molar-refractivity contribution < 1.29 is 13.5 Å². The fourth-order valence-electron chi connectivity index (χ4n) is 2.71. The van der Waals surface area contributed by atoms with E-state index in [-0.39, 0.29) is 17.4 Å². The number of nitrogen functional groups attached to an aromatic ring is 1. The minimum atomic E-state index is -3.53. The topological polar surface area (TPSA) is 83.6 Å². The Balaban J connectivity index is 2.25. The Bertz CT molecular complexity index is 570. The largest absolute Gasteiger partial charge is 0.398 e. The highest BCUT2D eigenvalue weighted by molar-refractivity contribution is 7.89. The molecule has 1 saturated heterocycles. The first-order chi connectivity index (χ1) is 9.45. The zero-order valence-corrected chi connectivity index (χ0v) is 12.6. The Kier molecular flexibility index (Phi) is 4.67. The number of anilines is 1. The molecule has 1 aliphatic heterocycles. The molecule has 1 atom stereocenters. The third-order valence-corrected chi connectivity index (χ3v) is 5.74. The van der Waals surface area contributed by atoms with E-state index in [0.29, 0.717) is 25.2 Å². The van der Waals surface area contributed by atoms with Crippen molar-refractivity contribution in [1.82, 2.24) is 4.31 Å². The Morgan fingerprint density at radius 2 is 2.20 bits per heavy atom. The summed E-state index contributed by atoms with van der Waals surface area (Å²) in [5.74, 6) is 0.232. The van der Waals surface area contributed by atoms with Gasteiger partial charge >= 0.3 is 0 Å². The van der Waals surface area contributed by atoms with Crippen molar-refractivity contribution in [1.29, 1.82) is 0 Å². The Labute approximate surface area is 120 Å². The molecule has 1 aliphatic rings. The maximum absolute atomic E-state index is 12.7. The molecular formula is C14H22N2O3S. The third-order valence-electron chi connectivity index (χ3n) is 3.80. The fourth-order valence-corrected chi connectivity index (χ4v) is 4.36. The van der Waals surface area contributed by atoms with Crippen LogP contribution < -0.4 is 5.73 Å². The third kappa shape index (κ3) is 3.13. The van der Waals surface area contributed by atoms with E-state index in [1.54, 1.807) is 18.2 Å². The van der Waals surface area contributed by atoms with Gasteiger partial charge in [0.15, 0.2) is 0 Å². The fraction of sp³-hybridized carbons (Fsp3) is 0.571. The molecule has 0 radical (unpaired) electrons. The number of piperidine rings is 1. The van der Waals surface area contributed by atoms with Crippen molar-refractivity contribution in [3.05, 3.63) is 23.8 Å². The molecule has 0 aliphatic carbocycles. The average molecular weight is 298 g/mol. The predicted octanol–water partition coefficient (Wildman–Crippen LogP) is 1.36. The summed E-state index contributed by atoms with van der Waals surface area (Å²) < 4.78 is 26.8. The minimum Gasteiger partial charge on any atom is -0.398 e. The first kappa shape index (κ1) is 15.3. The van der Waals surface area contributed by atoms with Gasteiger partial charge in [-0.2, -0.15) is 4.31 Å². The van der Waals surface area contributed by atoms with E-state index in [2.05, 4.69) is 0 Å². The molecule has 112 valence electrons. The van der Waals surface area contributed by atoms with Gasteiger partial charge in [-0.1, -0.05) is 6.07 Å². The molecule has 2 rings (SSSR count). The SMILES string of the molecule is Cc1ccc(S(=O)(=O)N2CCCC(CCO)C2)c(N)c1. The normalized spacial score (nSPS) is 21.0. The van der Waals surface area contributed by atoms with Crippen LogP contribution in [-0.4, -0.2) is 37.5 Å². The van der Waals surface area contributed by atoms with E-state index in [1.165, 1.54) is 4.31 Å². The summed E-state index contributed by atoms with van der Waals surface area (Å²) in [7, 11) is -3.53. The molecule has 1 aromatic carbocycles. The lowest BCUT2D eigenvalue weighted by molar-refractivity contribution is 0.203. The van der Waals surface area contributed by atoms with Crippen molar-refractivity contribution in [3.8, 4) is 0 Å². The lowest BCUT2D eigenvalue weighted by Gasteiger charge is -2.32. The number of benzene rings is 1. The smallest absolute Gasteiger partial charge is 0.245 e. The molecule has 1 aromatic rings. The van der Waals surface area contributed by atoms with E-state index in [1.807, 2.05) is 6.92 Å². The van der Waals surface area contributed by atoms with E-state index in [4.69, 9.17) is 10.8 Å². The standard InChI is InChI=1S/C14H22N2O3S/c1-11-4-5-14(13(15)9-11)20(18,19)16-7-2-3-12(10-16)6-8-17/h4-5,9,12,17H,2-3,6-8,10,15H2,1H3. The highest BCUT2D eigenvalue weighted by atomic mass is 32.2. The van der Waals surface area contributed by atoms with Crippen LogP contribution in [0, 0.1) is 12.8 Å². The molecule has 0 saturated carbocycles. The summed E-state index contributed by atoms with van der Waals surface area (Å²) in [6.45, 7) is 2.98. The minimum absolute atomic E-state index is 0.102. The summed E-state index contributed by atoms with van der Waals surface area (Å²) in [4.78, 5) is 0.188. The van der Waals surface area contributed by atoms with Gasteiger partial charge in [-0.3, -0.25) is 0 Å². The van der Waals surface area contributed by atoms with E-state index in [0.717, 1.165) is 18.4 Å². The molecule has 5 nitrogen and oxygen atoms in total. The second-order valence-electron chi connectivity index (χ2n) is 5.42. The maximum Gasteiger partial charge on any atom is 0.245 e. The molecule has 0 spiro atoms. The van der Waals surface area contributed by atoms with Crippen LogP contribution in [0.5, 0.6) is 0 Å². The van der Waals surface area contributed by atoms with Gasteiger partial charge in [-0.25, -0.2) is 8.42 Å². The molecule has 1 unspecified atom stereocenters. The number of nitrogens with two attached hydrogens (primary N) is 1. The summed E-state index contributed by atoms with van der Waals surface area (Å²) in [5.41, 5.74) is 7.10. The van der Waals surface area contributed by atoms with Gasteiger partial charge in [0.2, 0.25) is 10.0 Å². The monoisotopic (exact) mass is 298 g/mol. The number of rotatable bonds is 4. The highest BCUT2D eigenvalue weighted by Gasteiger charge is 2.31. The molecule has 0 aromatic heterocycles. The zero-order valence-electron chi connectivity index (χ0n) is 11.7. The van der Waals surface area contributed by atoms with Crippen molar-refractivity contribution in [3.63, 3.8) is 0 Å². The highest BCUT2D eigenvalue weighted by Crippen LogP contribution is 2.28. The number of aryl methyl sites for hydroxylation is 1. The van der Waals surface area contributed by atoms with Crippen LogP contribution in [-0.2, 0) is 10.0 Å². The Morgan fingerprint density at radius 1 is 1.45 bits per heavy atom. The first-order valence-corrected chi connectivity index (χ1v) is 8.36.